The van der Waals surface area contributed by atoms with Crippen LogP contribution in [0.4, 0.5) is 0 Å². The summed E-state index contributed by atoms with van der Waals surface area (Å²) in [6, 6.07) is 0.105. The minimum atomic E-state index is -0.109. The molecule has 0 radical (unpaired) electrons. The second-order valence-electron chi connectivity index (χ2n) is 3.85. The second kappa shape index (κ2) is 6.76. The Balaban J connectivity index is 1.93. The fourth-order valence-electron chi connectivity index (χ4n) is 1.28. The summed E-state index contributed by atoms with van der Waals surface area (Å²) in [5.41, 5.74) is 5.83. The summed E-state index contributed by atoms with van der Waals surface area (Å²) in [4.78, 5) is 11.2. The highest BCUT2D eigenvalue weighted by Gasteiger charge is 2.28. The fourth-order valence-corrected chi connectivity index (χ4v) is 1.28. The summed E-state index contributed by atoms with van der Waals surface area (Å²) >= 11 is 0. The zero-order chi connectivity index (χ0) is 11.1. The predicted octanol–water partition coefficient (Wildman–Crippen LogP) is -0.497. The molecule has 0 bridgehead atoms. The minimum absolute atomic E-state index is 0.0841. The number of nitrogens with two attached hydrogens (primary N) is 1. The first-order valence-electron chi connectivity index (χ1n) is 5.33. The highest BCUT2D eigenvalue weighted by Crippen LogP contribution is 2.31. The van der Waals surface area contributed by atoms with Gasteiger partial charge in [0.25, 0.3) is 0 Å². The van der Waals surface area contributed by atoms with Crippen molar-refractivity contribution in [1.82, 2.24) is 5.32 Å². The number of carbonyl (C=O) groups excluding carboxylic acids is 1. The number of hydrogen-bond acceptors (Lipinski definition) is 4. The monoisotopic (exact) mass is 216 g/mol. The lowest BCUT2D eigenvalue weighted by atomic mass is 10.2. The molecule has 1 aliphatic rings. The first-order valence-corrected chi connectivity index (χ1v) is 5.33. The number of carbonyl (C=O) groups is 1. The lowest BCUT2D eigenvalue weighted by molar-refractivity contribution is -0.126. The minimum Gasteiger partial charge on any atom is -0.382 e. The van der Waals surface area contributed by atoms with E-state index in [1.807, 2.05) is 0 Å². The van der Waals surface area contributed by atoms with Gasteiger partial charge in [0.05, 0.1) is 13.2 Å². The Hall–Kier alpha value is -0.650. The van der Waals surface area contributed by atoms with Crippen molar-refractivity contribution in [2.24, 2.45) is 11.7 Å². The zero-order valence-corrected chi connectivity index (χ0v) is 9.20. The average molecular weight is 216 g/mol. The number of rotatable bonds is 8. The van der Waals surface area contributed by atoms with Gasteiger partial charge in [0, 0.05) is 19.7 Å². The maximum atomic E-state index is 11.2. The third kappa shape index (κ3) is 5.71. The van der Waals surface area contributed by atoms with Gasteiger partial charge in [0.2, 0.25) is 5.91 Å². The summed E-state index contributed by atoms with van der Waals surface area (Å²) < 4.78 is 9.85. The standard InChI is InChI=1S/C10H20N2O3/c1-14-4-5-15-7-10(13)12-6-9(11)8-2-3-8/h8-9H,2-7,11H2,1H3,(H,12,13). The largest absolute Gasteiger partial charge is 0.382 e. The SMILES string of the molecule is COCCOCC(=O)NCC(N)C1CC1. The quantitative estimate of drug-likeness (QED) is 0.537. The molecule has 0 aromatic rings. The second-order valence-corrected chi connectivity index (χ2v) is 3.85. The van der Waals surface area contributed by atoms with E-state index in [2.05, 4.69) is 5.32 Å². The van der Waals surface area contributed by atoms with Gasteiger partial charge >= 0.3 is 0 Å². The Morgan fingerprint density at radius 3 is 2.87 bits per heavy atom. The molecule has 1 aliphatic carbocycles. The van der Waals surface area contributed by atoms with Crippen molar-refractivity contribution in [3.8, 4) is 0 Å². The van der Waals surface area contributed by atoms with E-state index in [1.165, 1.54) is 12.8 Å². The topological polar surface area (TPSA) is 73.6 Å². The van der Waals surface area contributed by atoms with E-state index in [-0.39, 0.29) is 18.6 Å². The molecule has 1 amide bonds. The van der Waals surface area contributed by atoms with E-state index in [0.29, 0.717) is 25.7 Å². The van der Waals surface area contributed by atoms with Gasteiger partial charge in [-0.05, 0) is 18.8 Å². The molecule has 0 saturated heterocycles. The van der Waals surface area contributed by atoms with E-state index in [1.54, 1.807) is 7.11 Å². The van der Waals surface area contributed by atoms with Crippen LogP contribution in [0.5, 0.6) is 0 Å². The molecule has 1 atom stereocenters. The van der Waals surface area contributed by atoms with Gasteiger partial charge in [0.15, 0.2) is 0 Å². The zero-order valence-electron chi connectivity index (χ0n) is 9.20. The van der Waals surface area contributed by atoms with Crippen molar-refractivity contribution >= 4 is 5.91 Å². The van der Waals surface area contributed by atoms with Crippen LogP contribution in [-0.2, 0) is 14.3 Å². The van der Waals surface area contributed by atoms with E-state index in [0.717, 1.165) is 0 Å². The summed E-state index contributed by atoms with van der Waals surface area (Å²) in [6.45, 7) is 1.59. The molecule has 0 heterocycles. The summed E-state index contributed by atoms with van der Waals surface area (Å²) in [6.07, 6.45) is 2.39. The number of methoxy groups -OCH3 is 1. The average Bonchev–Trinajstić information content (AvgIpc) is 3.04. The van der Waals surface area contributed by atoms with Crippen LogP contribution in [-0.4, -0.2) is 45.4 Å². The number of ether oxygens (including phenoxy) is 2. The lowest BCUT2D eigenvalue weighted by Crippen LogP contribution is -2.40. The smallest absolute Gasteiger partial charge is 0.246 e. The van der Waals surface area contributed by atoms with Gasteiger partial charge in [-0.3, -0.25) is 4.79 Å². The molecule has 0 aromatic carbocycles. The molecule has 88 valence electrons. The van der Waals surface area contributed by atoms with Crippen LogP contribution in [0.1, 0.15) is 12.8 Å². The Labute approximate surface area is 90.3 Å². The van der Waals surface area contributed by atoms with Crippen LogP contribution in [0.15, 0.2) is 0 Å². The molecule has 1 saturated carbocycles. The van der Waals surface area contributed by atoms with Crippen LogP contribution in [0.2, 0.25) is 0 Å². The first-order chi connectivity index (χ1) is 7.24. The van der Waals surface area contributed by atoms with Gasteiger partial charge in [-0.1, -0.05) is 0 Å². The maximum Gasteiger partial charge on any atom is 0.246 e. The molecule has 0 spiro atoms. The van der Waals surface area contributed by atoms with Crippen LogP contribution in [0, 0.1) is 5.92 Å². The molecule has 5 nitrogen and oxygen atoms in total. The highest BCUT2D eigenvalue weighted by molar-refractivity contribution is 5.77. The highest BCUT2D eigenvalue weighted by atomic mass is 16.5. The molecule has 0 aliphatic heterocycles. The van der Waals surface area contributed by atoms with Crippen molar-refractivity contribution in [3.63, 3.8) is 0 Å². The lowest BCUT2D eigenvalue weighted by Gasteiger charge is -2.11. The molecule has 0 aromatic heterocycles. The van der Waals surface area contributed by atoms with Crippen molar-refractivity contribution in [1.29, 1.82) is 0 Å². The normalized spacial score (nSPS) is 17.5. The predicted molar refractivity (Wildman–Crippen MR) is 56.4 cm³/mol. The Bertz CT molecular complexity index is 195. The third-order valence-electron chi connectivity index (χ3n) is 2.43. The maximum absolute atomic E-state index is 11.2. The van der Waals surface area contributed by atoms with Crippen LogP contribution >= 0.6 is 0 Å². The molecule has 15 heavy (non-hydrogen) atoms. The van der Waals surface area contributed by atoms with Crippen LogP contribution in [0.3, 0.4) is 0 Å². The van der Waals surface area contributed by atoms with Gasteiger partial charge in [-0.2, -0.15) is 0 Å². The van der Waals surface area contributed by atoms with Crippen LogP contribution < -0.4 is 11.1 Å². The molecule has 3 N–H and O–H groups in total. The molecule has 1 unspecified atom stereocenters. The van der Waals surface area contributed by atoms with Gasteiger partial charge in [0.1, 0.15) is 6.61 Å². The van der Waals surface area contributed by atoms with Gasteiger partial charge in [-0.15, -0.1) is 0 Å². The molecular formula is C10H20N2O3. The summed E-state index contributed by atoms with van der Waals surface area (Å²) in [7, 11) is 1.60. The van der Waals surface area contributed by atoms with Crippen LogP contribution in [0.25, 0.3) is 0 Å². The Morgan fingerprint density at radius 1 is 1.53 bits per heavy atom. The number of hydrogen-bond donors (Lipinski definition) is 2. The Morgan fingerprint density at radius 2 is 2.27 bits per heavy atom. The third-order valence-corrected chi connectivity index (χ3v) is 2.43. The number of nitrogens with one attached hydrogen (secondary N) is 1. The van der Waals surface area contributed by atoms with Gasteiger partial charge < -0.3 is 20.5 Å². The first kappa shape index (κ1) is 12.4. The van der Waals surface area contributed by atoms with E-state index >= 15 is 0 Å². The van der Waals surface area contributed by atoms with Gasteiger partial charge in [-0.25, -0.2) is 0 Å². The fraction of sp³-hybridized carbons (Fsp3) is 0.900. The molecular weight excluding hydrogens is 196 g/mol. The number of amides is 1. The molecule has 1 fully saturated rings. The van der Waals surface area contributed by atoms with Crippen molar-refractivity contribution in [2.45, 2.75) is 18.9 Å². The van der Waals surface area contributed by atoms with E-state index < -0.39 is 0 Å². The molecule has 1 rings (SSSR count). The van der Waals surface area contributed by atoms with Crippen molar-refractivity contribution < 1.29 is 14.3 Å². The Kier molecular flexibility index (Phi) is 5.60. The summed E-state index contributed by atoms with van der Waals surface area (Å²) in [5, 5.41) is 2.75. The van der Waals surface area contributed by atoms with Crippen molar-refractivity contribution in [2.75, 3.05) is 33.5 Å². The van der Waals surface area contributed by atoms with E-state index in [9.17, 15) is 4.79 Å². The summed E-state index contributed by atoms with van der Waals surface area (Å²) in [5.74, 6) is 0.502. The molecule has 5 heteroatoms. The van der Waals surface area contributed by atoms with E-state index in [4.69, 9.17) is 15.2 Å². The van der Waals surface area contributed by atoms with Crippen molar-refractivity contribution in [3.05, 3.63) is 0 Å².